The predicted molar refractivity (Wildman–Crippen MR) is 85.1 cm³/mol. The summed E-state index contributed by atoms with van der Waals surface area (Å²) in [6.07, 6.45) is -1.07. The fraction of sp³-hybridized carbons (Fsp3) is 0.250. The van der Waals surface area contributed by atoms with Crippen molar-refractivity contribution < 1.29 is 13.5 Å². The number of hydrogen-bond donors (Lipinski definition) is 1. The van der Waals surface area contributed by atoms with Gasteiger partial charge in [0.1, 0.15) is 0 Å². The zero-order valence-electron chi connectivity index (χ0n) is 11.7. The van der Waals surface area contributed by atoms with E-state index in [-0.39, 0.29) is 11.5 Å². The van der Waals surface area contributed by atoms with Gasteiger partial charge in [0.15, 0.2) is 9.84 Å². The molecule has 2 rings (SSSR count). The Labute approximate surface area is 130 Å². The van der Waals surface area contributed by atoms with E-state index in [1.807, 2.05) is 25.1 Å². The fourth-order valence-electron chi connectivity index (χ4n) is 2.12. The lowest BCUT2D eigenvalue weighted by Crippen LogP contribution is -2.16. The van der Waals surface area contributed by atoms with Crippen LogP contribution in [0.3, 0.4) is 0 Å². The fourth-order valence-corrected chi connectivity index (χ4v) is 3.91. The van der Waals surface area contributed by atoms with Gasteiger partial charge >= 0.3 is 0 Å². The molecule has 2 aromatic carbocycles. The average Bonchev–Trinajstić information content (AvgIpc) is 2.40. The van der Waals surface area contributed by atoms with Gasteiger partial charge in [-0.3, -0.25) is 0 Å². The van der Waals surface area contributed by atoms with Crippen molar-refractivity contribution in [3.05, 3.63) is 70.2 Å². The van der Waals surface area contributed by atoms with Crippen molar-refractivity contribution in [1.82, 2.24) is 0 Å². The number of halogens is 1. The van der Waals surface area contributed by atoms with Crippen LogP contribution in [0.1, 0.15) is 22.8 Å². The third-order valence-electron chi connectivity index (χ3n) is 3.28. The highest BCUT2D eigenvalue weighted by Gasteiger charge is 2.20. The molecule has 3 nitrogen and oxygen atoms in total. The molecule has 0 aromatic heterocycles. The highest BCUT2D eigenvalue weighted by Crippen LogP contribution is 2.21. The first kappa shape index (κ1) is 16.0. The maximum absolute atomic E-state index is 12.2. The Hall–Kier alpha value is -1.36. The van der Waals surface area contributed by atoms with Crippen LogP contribution < -0.4 is 0 Å². The zero-order chi connectivity index (χ0) is 15.5. The summed E-state index contributed by atoms with van der Waals surface area (Å²) in [6.45, 7) is 1.87. The molecule has 0 amide bonds. The van der Waals surface area contributed by atoms with Crippen LogP contribution in [0.4, 0.5) is 0 Å². The average molecular weight is 325 g/mol. The summed E-state index contributed by atoms with van der Waals surface area (Å²) in [5.74, 6) is -0.390. The number of aliphatic hydroxyl groups is 1. The van der Waals surface area contributed by atoms with Gasteiger partial charge in [0, 0.05) is 5.02 Å². The van der Waals surface area contributed by atoms with Crippen molar-refractivity contribution in [2.45, 2.75) is 18.8 Å². The summed E-state index contributed by atoms with van der Waals surface area (Å²) >= 11 is 5.85. The Kier molecular flexibility index (Phi) is 5.04. The van der Waals surface area contributed by atoms with E-state index in [0.29, 0.717) is 10.6 Å². The number of benzene rings is 2. The maximum atomic E-state index is 12.2. The molecule has 0 aliphatic carbocycles. The molecule has 1 N–H and O–H groups in total. The smallest absolute Gasteiger partial charge is 0.157 e. The second-order valence-electron chi connectivity index (χ2n) is 5.05. The molecular formula is C16H17ClO3S. The molecule has 0 fully saturated rings. The first-order valence-electron chi connectivity index (χ1n) is 6.56. The van der Waals surface area contributed by atoms with Crippen LogP contribution in [0, 0.1) is 6.92 Å². The maximum Gasteiger partial charge on any atom is 0.157 e. The molecule has 0 saturated carbocycles. The highest BCUT2D eigenvalue weighted by molar-refractivity contribution is 7.90. The molecule has 2 aromatic rings. The van der Waals surface area contributed by atoms with Gasteiger partial charge in [0.05, 0.1) is 17.6 Å². The van der Waals surface area contributed by atoms with Crippen LogP contribution in [-0.4, -0.2) is 19.3 Å². The molecule has 5 heteroatoms. The Morgan fingerprint density at radius 1 is 1.14 bits per heavy atom. The minimum absolute atomic E-state index is 0.0721. The quantitative estimate of drug-likeness (QED) is 0.918. The lowest BCUT2D eigenvalue weighted by atomic mass is 10.1. The van der Waals surface area contributed by atoms with Gasteiger partial charge in [0.2, 0.25) is 0 Å². The van der Waals surface area contributed by atoms with Crippen LogP contribution in [0.2, 0.25) is 5.02 Å². The molecule has 1 atom stereocenters. The van der Waals surface area contributed by atoms with E-state index in [0.717, 1.165) is 11.1 Å². The number of aliphatic hydroxyl groups excluding tert-OH is 1. The third kappa shape index (κ3) is 4.56. The molecule has 0 spiro atoms. The Morgan fingerprint density at radius 3 is 2.52 bits per heavy atom. The second-order valence-corrected chi connectivity index (χ2v) is 7.60. The topological polar surface area (TPSA) is 54.4 Å². The largest absolute Gasteiger partial charge is 0.387 e. The van der Waals surface area contributed by atoms with Crippen LogP contribution >= 0.6 is 11.6 Å². The molecule has 1 unspecified atom stereocenters. The molecule has 0 aliphatic rings. The molecule has 21 heavy (non-hydrogen) atoms. The first-order valence-corrected chi connectivity index (χ1v) is 8.76. The SMILES string of the molecule is Cc1ccccc1CS(=O)(=O)CC(O)c1cccc(Cl)c1. The van der Waals surface area contributed by atoms with Crippen molar-refractivity contribution in [3.8, 4) is 0 Å². The Morgan fingerprint density at radius 2 is 1.86 bits per heavy atom. The van der Waals surface area contributed by atoms with E-state index >= 15 is 0 Å². The van der Waals surface area contributed by atoms with Gasteiger partial charge in [-0.25, -0.2) is 8.42 Å². The summed E-state index contributed by atoms with van der Waals surface area (Å²) in [5.41, 5.74) is 2.20. The third-order valence-corrected chi connectivity index (χ3v) is 5.09. The molecule has 0 radical (unpaired) electrons. The minimum Gasteiger partial charge on any atom is -0.387 e. The molecule has 112 valence electrons. The van der Waals surface area contributed by atoms with Gasteiger partial charge in [-0.2, -0.15) is 0 Å². The number of rotatable bonds is 5. The first-order chi connectivity index (χ1) is 9.87. The summed E-state index contributed by atoms with van der Waals surface area (Å²) < 4.78 is 24.5. The lowest BCUT2D eigenvalue weighted by molar-refractivity contribution is 0.201. The highest BCUT2D eigenvalue weighted by atomic mass is 35.5. The standard InChI is InChI=1S/C16H17ClO3S/c1-12-5-2-3-6-14(12)10-21(19,20)11-16(18)13-7-4-8-15(17)9-13/h2-9,16,18H,10-11H2,1H3. The van der Waals surface area contributed by atoms with Crippen molar-refractivity contribution in [3.63, 3.8) is 0 Å². The van der Waals surface area contributed by atoms with Gasteiger partial charge in [-0.05, 0) is 35.7 Å². The van der Waals surface area contributed by atoms with E-state index in [2.05, 4.69) is 0 Å². The Bertz CT molecular complexity index is 726. The predicted octanol–water partition coefficient (Wildman–Crippen LogP) is 3.30. The van der Waals surface area contributed by atoms with E-state index in [4.69, 9.17) is 11.6 Å². The zero-order valence-corrected chi connectivity index (χ0v) is 13.2. The van der Waals surface area contributed by atoms with E-state index < -0.39 is 15.9 Å². The van der Waals surface area contributed by atoms with Crippen molar-refractivity contribution in [2.75, 3.05) is 5.75 Å². The second kappa shape index (κ2) is 6.60. The van der Waals surface area contributed by atoms with Gasteiger partial charge in [-0.1, -0.05) is 48.0 Å². The summed E-state index contributed by atoms with van der Waals surface area (Å²) in [5, 5.41) is 10.6. The number of hydrogen-bond acceptors (Lipinski definition) is 3. The van der Waals surface area contributed by atoms with Crippen molar-refractivity contribution in [1.29, 1.82) is 0 Å². The summed E-state index contributed by atoms with van der Waals surface area (Å²) in [4.78, 5) is 0. The van der Waals surface area contributed by atoms with Crippen molar-refractivity contribution in [2.24, 2.45) is 0 Å². The van der Waals surface area contributed by atoms with E-state index in [1.54, 1.807) is 30.3 Å². The molecule has 0 heterocycles. The lowest BCUT2D eigenvalue weighted by Gasteiger charge is -2.13. The van der Waals surface area contributed by atoms with E-state index in [1.165, 1.54) is 0 Å². The normalized spacial score (nSPS) is 13.1. The van der Waals surface area contributed by atoms with Gasteiger partial charge in [-0.15, -0.1) is 0 Å². The van der Waals surface area contributed by atoms with Crippen LogP contribution in [0.25, 0.3) is 0 Å². The van der Waals surface area contributed by atoms with Crippen LogP contribution in [-0.2, 0) is 15.6 Å². The molecular weight excluding hydrogens is 308 g/mol. The van der Waals surface area contributed by atoms with Gasteiger partial charge in [0.25, 0.3) is 0 Å². The van der Waals surface area contributed by atoms with Crippen LogP contribution in [0.15, 0.2) is 48.5 Å². The molecule has 0 saturated heterocycles. The molecule has 0 bridgehead atoms. The van der Waals surface area contributed by atoms with Gasteiger partial charge < -0.3 is 5.11 Å². The monoisotopic (exact) mass is 324 g/mol. The Balaban J connectivity index is 2.12. The van der Waals surface area contributed by atoms with Crippen LogP contribution in [0.5, 0.6) is 0 Å². The summed E-state index contributed by atoms with van der Waals surface area (Å²) in [7, 11) is -3.41. The minimum atomic E-state index is -3.41. The van der Waals surface area contributed by atoms with Crippen molar-refractivity contribution >= 4 is 21.4 Å². The number of sulfone groups is 1. The summed E-state index contributed by atoms with van der Waals surface area (Å²) in [6, 6.07) is 14.0. The number of aryl methyl sites for hydroxylation is 1. The molecule has 0 aliphatic heterocycles. The van der Waals surface area contributed by atoms with E-state index in [9.17, 15) is 13.5 Å².